The molecule has 0 rings (SSSR count). The van der Waals surface area contributed by atoms with E-state index >= 15 is 0 Å². The summed E-state index contributed by atoms with van der Waals surface area (Å²) < 4.78 is 21.9. The lowest BCUT2D eigenvalue weighted by atomic mass is 10.0. The number of nitrogens with two attached hydrogens (primary N) is 1. The zero-order valence-electron chi connectivity index (χ0n) is 25.1. The molecular weight excluding hydrogens is 515 g/mol. The normalized spacial score (nSPS) is 14.9. The van der Waals surface area contributed by atoms with Crippen LogP contribution in [0.5, 0.6) is 0 Å². The quantitative estimate of drug-likeness (QED) is 0.0417. The Kier molecular flexibility index (Phi) is 26.9. The summed E-state index contributed by atoms with van der Waals surface area (Å²) >= 11 is 0. The number of hydrogen-bond acceptors (Lipinski definition) is 6. The summed E-state index contributed by atoms with van der Waals surface area (Å²) in [5.41, 5.74) is 5.32. The van der Waals surface area contributed by atoms with Gasteiger partial charge in [-0.05, 0) is 38.5 Å². The fraction of sp³-hybridized carbons (Fsp3) is 0.900. The van der Waals surface area contributed by atoms with Crippen molar-refractivity contribution >= 4 is 13.7 Å². The molecule has 232 valence electrons. The van der Waals surface area contributed by atoms with Gasteiger partial charge in [0.25, 0.3) is 0 Å². The monoisotopic (exact) mass is 576 g/mol. The Balaban J connectivity index is 4.35. The molecule has 0 aliphatic rings. The molecule has 0 aromatic rings. The maximum atomic E-state index is 12.6. The average molecular weight is 577 g/mol. The number of carbonyl (C=O) groups is 1. The van der Waals surface area contributed by atoms with E-state index in [0.717, 1.165) is 51.4 Å². The van der Waals surface area contributed by atoms with Gasteiger partial charge in [0, 0.05) is 13.0 Å². The predicted octanol–water partition coefficient (Wildman–Crippen LogP) is 7.32. The molecule has 0 aliphatic heterocycles. The van der Waals surface area contributed by atoms with Gasteiger partial charge in [-0.15, -0.1) is 0 Å². The fourth-order valence-corrected chi connectivity index (χ4v) is 5.18. The number of allylic oxidation sites excluding steroid dienone is 2. The molecule has 0 saturated heterocycles. The van der Waals surface area contributed by atoms with Gasteiger partial charge < -0.3 is 21.1 Å². The molecule has 0 aromatic carbocycles. The topological polar surface area (TPSA) is 131 Å². The minimum absolute atomic E-state index is 0.0882. The van der Waals surface area contributed by atoms with Crippen LogP contribution in [0.2, 0.25) is 0 Å². The van der Waals surface area contributed by atoms with E-state index in [-0.39, 0.29) is 25.7 Å². The number of aliphatic hydroxyl groups excluding tert-OH is 1. The molecule has 8 nitrogen and oxygen atoms in total. The van der Waals surface area contributed by atoms with Crippen LogP contribution in [0.15, 0.2) is 12.2 Å². The van der Waals surface area contributed by atoms with Gasteiger partial charge in [0.15, 0.2) is 0 Å². The zero-order valence-corrected chi connectivity index (χ0v) is 26.0. The van der Waals surface area contributed by atoms with Gasteiger partial charge in [-0.3, -0.25) is 13.8 Å². The molecule has 0 saturated carbocycles. The van der Waals surface area contributed by atoms with Gasteiger partial charge in [0.05, 0.1) is 25.4 Å². The molecule has 0 radical (unpaired) electrons. The van der Waals surface area contributed by atoms with Gasteiger partial charge in [-0.1, -0.05) is 109 Å². The maximum absolute atomic E-state index is 12.6. The summed E-state index contributed by atoms with van der Waals surface area (Å²) in [7, 11) is -4.29. The molecule has 0 aromatic heterocycles. The van der Waals surface area contributed by atoms with Gasteiger partial charge in [0.1, 0.15) is 0 Å². The van der Waals surface area contributed by atoms with Crippen LogP contribution in [0.1, 0.15) is 142 Å². The third-order valence-corrected chi connectivity index (χ3v) is 7.85. The number of carbonyl (C=O) groups excluding carboxylic acids is 1. The summed E-state index contributed by atoms with van der Waals surface area (Å²) in [6, 6.07) is -0.770. The van der Waals surface area contributed by atoms with Crippen molar-refractivity contribution < 1.29 is 28.4 Å². The summed E-state index contributed by atoms with van der Waals surface area (Å²) in [6.45, 7) is 4.11. The van der Waals surface area contributed by atoms with E-state index in [1.807, 2.05) is 0 Å². The smallest absolute Gasteiger partial charge is 0.391 e. The largest absolute Gasteiger partial charge is 0.472 e. The first-order valence-corrected chi connectivity index (χ1v) is 17.3. The number of rotatable bonds is 29. The molecular formula is C30H61N2O6P. The first kappa shape index (κ1) is 38.2. The van der Waals surface area contributed by atoms with Crippen molar-refractivity contribution in [2.45, 2.75) is 154 Å². The molecule has 39 heavy (non-hydrogen) atoms. The predicted molar refractivity (Wildman–Crippen MR) is 162 cm³/mol. The number of phosphoric acid groups is 1. The third kappa shape index (κ3) is 25.9. The second-order valence-electron chi connectivity index (χ2n) is 10.7. The first-order chi connectivity index (χ1) is 18.9. The van der Waals surface area contributed by atoms with Crippen molar-refractivity contribution in [2.24, 2.45) is 5.73 Å². The Morgan fingerprint density at radius 1 is 0.821 bits per heavy atom. The molecule has 0 bridgehead atoms. The standard InChI is InChI=1S/C30H61N2O6P/c1-3-5-7-9-11-13-14-15-16-18-20-22-24-30(34)32-28(27-38-39(35,36)37-26-25-31)29(33)23-21-19-17-12-10-8-6-4-2/h11,13,28-29,33H,3-10,12,14-27,31H2,1-2H3,(H,32,34)(H,35,36)/b13-11-. The number of hydrogen-bond donors (Lipinski definition) is 4. The highest BCUT2D eigenvalue weighted by Crippen LogP contribution is 2.43. The summed E-state index contributed by atoms with van der Waals surface area (Å²) in [6.07, 6.45) is 25.1. The van der Waals surface area contributed by atoms with Crippen LogP contribution < -0.4 is 11.1 Å². The lowest BCUT2D eigenvalue weighted by molar-refractivity contribution is -0.123. The highest BCUT2D eigenvalue weighted by Gasteiger charge is 2.27. The van der Waals surface area contributed by atoms with Gasteiger partial charge >= 0.3 is 7.82 Å². The second kappa shape index (κ2) is 27.4. The Bertz CT molecular complexity index is 635. The van der Waals surface area contributed by atoms with Crippen LogP contribution in [0, 0.1) is 0 Å². The molecule has 0 aliphatic carbocycles. The van der Waals surface area contributed by atoms with Crippen LogP contribution in [-0.2, 0) is 18.4 Å². The van der Waals surface area contributed by atoms with E-state index < -0.39 is 20.0 Å². The number of unbranched alkanes of at least 4 members (excludes halogenated alkanes) is 15. The lowest BCUT2D eigenvalue weighted by Gasteiger charge is -2.25. The molecule has 1 amide bonds. The molecule has 0 fully saturated rings. The molecule has 3 unspecified atom stereocenters. The molecule has 3 atom stereocenters. The van der Waals surface area contributed by atoms with Crippen molar-refractivity contribution in [3.63, 3.8) is 0 Å². The van der Waals surface area contributed by atoms with E-state index in [1.54, 1.807) is 0 Å². The van der Waals surface area contributed by atoms with Gasteiger partial charge in [0.2, 0.25) is 5.91 Å². The first-order valence-electron chi connectivity index (χ1n) is 15.8. The third-order valence-electron chi connectivity index (χ3n) is 6.87. The van der Waals surface area contributed by atoms with Crippen LogP contribution in [-0.4, -0.2) is 47.8 Å². The highest BCUT2D eigenvalue weighted by atomic mass is 31.2. The molecule has 0 spiro atoms. The second-order valence-corrected chi connectivity index (χ2v) is 12.1. The molecule has 9 heteroatoms. The number of nitrogens with one attached hydrogen (secondary N) is 1. The van der Waals surface area contributed by atoms with Gasteiger partial charge in [-0.2, -0.15) is 0 Å². The van der Waals surface area contributed by atoms with Crippen LogP contribution in [0.25, 0.3) is 0 Å². The maximum Gasteiger partial charge on any atom is 0.472 e. The van der Waals surface area contributed by atoms with E-state index in [2.05, 4.69) is 31.3 Å². The van der Waals surface area contributed by atoms with Crippen molar-refractivity contribution in [3.05, 3.63) is 12.2 Å². The summed E-state index contributed by atoms with van der Waals surface area (Å²) in [5.74, 6) is -0.177. The zero-order chi connectivity index (χ0) is 29.0. The van der Waals surface area contributed by atoms with Crippen molar-refractivity contribution in [2.75, 3.05) is 19.8 Å². The lowest BCUT2D eigenvalue weighted by Crippen LogP contribution is -2.46. The summed E-state index contributed by atoms with van der Waals surface area (Å²) in [5, 5.41) is 13.6. The minimum atomic E-state index is -4.29. The number of aliphatic hydroxyl groups is 1. The molecule has 0 heterocycles. The van der Waals surface area contributed by atoms with Crippen molar-refractivity contribution in [1.82, 2.24) is 5.32 Å². The van der Waals surface area contributed by atoms with E-state index in [4.69, 9.17) is 14.8 Å². The van der Waals surface area contributed by atoms with Crippen LogP contribution >= 0.6 is 7.82 Å². The van der Waals surface area contributed by atoms with Gasteiger partial charge in [-0.25, -0.2) is 4.57 Å². The number of amides is 1. The van der Waals surface area contributed by atoms with E-state index in [1.165, 1.54) is 64.2 Å². The number of phosphoric ester groups is 1. The summed E-state index contributed by atoms with van der Waals surface area (Å²) in [4.78, 5) is 22.4. The Morgan fingerprint density at radius 2 is 1.33 bits per heavy atom. The van der Waals surface area contributed by atoms with Crippen LogP contribution in [0.4, 0.5) is 0 Å². The van der Waals surface area contributed by atoms with Crippen molar-refractivity contribution in [3.8, 4) is 0 Å². The van der Waals surface area contributed by atoms with E-state index in [9.17, 15) is 19.4 Å². The Morgan fingerprint density at radius 3 is 1.95 bits per heavy atom. The molecule has 5 N–H and O–H groups in total. The fourth-order valence-electron chi connectivity index (χ4n) is 4.42. The van der Waals surface area contributed by atoms with Crippen LogP contribution in [0.3, 0.4) is 0 Å². The Labute approximate surface area is 239 Å². The SMILES string of the molecule is CCCCC/C=C\CCCCCCCC(=O)NC(COP(=O)(O)OCCN)C(O)CCCCCCCCCC. The van der Waals surface area contributed by atoms with Crippen molar-refractivity contribution in [1.29, 1.82) is 0 Å². The van der Waals surface area contributed by atoms with E-state index in [0.29, 0.717) is 12.8 Å². The minimum Gasteiger partial charge on any atom is -0.391 e. The Hall–Kier alpha value is -0.760. The average Bonchev–Trinajstić information content (AvgIpc) is 2.91. The highest BCUT2D eigenvalue weighted by molar-refractivity contribution is 7.47.